The Hall–Kier alpha value is -1.75. The molecule has 0 aliphatic heterocycles. The van der Waals surface area contributed by atoms with Crippen LogP contribution in [0.25, 0.3) is 0 Å². The van der Waals surface area contributed by atoms with Crippen molar-refractivity contribution in [3.8, 4) is 0 Å². The number of carbonyl (C=O) groups is 1. The number of amides is 2. The molecule has 5 nitrogen and oxygen atoms in total. The van der Waals surface area contributed by atoms with Gasteiger partial charge in [0.15, 0.2) is 0 Å². The Morgan fingerprint density at radius 2 is 2.18 bits per heavy atom. The van der Waals surface area contributed by atoms with Gasteiger partial charge < -0.3 is 20.3 Å². The highest BCUT2D eigenvalue weighted by molar-refractivity contribution is 5.89. The molecule has 0 bridgehead atoms. The molecule has 0 aromatic heterocycles. The molecule has 0 radical (unpaired) electrons. The lowest BCUT2D eigenvalue weighted by atomic mass is 10.2. The third-order valence-electron chi connectivity index (χ3n) is 2.21. The first kappa shape index (κ1) is 13.3. The Kier molecular flexibility index (Phi) is 5.29. The van der Waals surface area contributed by atoms with E-state index in [4.69, 9.17) is 4.74 Å². The lowest BCUT2D eigenvalue weighted by Crippen LogP contribution is -2.31. The first-order valence-electron chi connectivity index (χ1n) is 5.44. The summed E-state index contributed by atoms with van der Waals surface area (Å²) in [7, 11) is 5.51. The average molecular weight is 237 g/mol. The summed E-state index contributed by atoms with van der Waals surface area (Å²) in [6.45, 7) is 1.00. The highest BCUT2D eigenvalue weighted by Gasteiger charge is 2.02. The SMILES string of the molecule is COCCNC(=O)Nc1cccc(N(C)C)c1. The van der Waals surface area contributed by atoms with Crippen molar-refractivity contribution in [1.29, 1.82) is 0 Å². The number of nitrogens with zero attached hydrogens (tertiary/aromatic N) is 1. The molecule has 0 unspecified atom stereocenters. The molecule has 1 aromatic carbocycles. The van der Waals surface area contributed by atoms with Gasteiger partial charge in [0, 0.05) is 39.1 Å². The zero-order chi connectivity index (χ0) is 12.7. The second-order valence-corrected chi connectivity index (χ2v) is 3.82. The highest BCUT2D eigenvalue weighted by atomic mass is 16.5. The normalized spacial score (nSPS) is 9.82. The number of nitrogens with one attached hydrogen (secondary N) is 2. The number of urea groups is 1. The average Bonchev–Trinajstić information content (AvgIpc) is 2.29. The molecule has 0 saturated heterocycles. The minimum absolute atomic E-state index is 0.224. The molecule has 0 saturated carbocycles. The molecule has 1 aromatic rings. The molecule has 0 atom stereocenters. The summed E-state index contributed by atoms with van der Waals surface area (Å²) in [6, 6.07) is 7.42. The molecule has 94 valence electrons. The van der Waals surface area contributed by atoms with E-state index in [1.807, 2.05) is 43.3 Å². The van der Waals surface area contributed by atoms with Gasteiger partial charge in [-0.3, -0.25) is 0 Å². The molecule has 0 aliphatic carbocycles. The van der Waals surface area contributed by atoms with Gasteiger partial charge in [0.05, 0.1) is 6.61 Å². The monoisotopic (exact) mass is 237 g/mol. The van der Waals surface area contributed by atoms with Crippen LogP contribution in [0.5, 0.6) is 0 Å². The maximum absolute atomic E-state index is 11.5. The van der Waals surface area contributed by atoms with E-state index in [1.54, 1.807) is 7.11 Å². The van der Waals surface area contributed by atoms with E-state index in [2.05, 4.69) is 10.6 Å². The maximum Gasteiger partial charge on any atom is 0.319 e. The van der Waals surface area contributed by atoms with E-state index in [1.165, 1.54) is 0 Å². The second-order valence-electron chi connectivity index (χ2n) is 3.82. The number of hydrogen-bond acceptors (Lipinski definition) is 3. The minimum Gasteiger partial charge on any atom is -0.383 e. The molecule has 17 heavy (non-hydrogen) atoms. The number of methoxy groups -OCH3 is 1. The number of ether oxygens (including phenoxy) is 1. The Balaban J connectivity index is 2.50. The molecule has 2 N–H and O–H groups in total. The van der Waals surface area contributed by atoms with Crippen LogP contribution in [0.15, 0.2) is 24.3 Å². The molecule has 5 heteroatoms. The third-order valence-corrected chi connectivity index (χ3v) is 2.21. The van der Waals surface area contributed by atoms with Crippen molar-refractivity contribution in [3.05, 3.63) is 24.3 Å². The summed E-state index contributed by atoms with van der Waals surface area (Å²) in [6.07, 6.45) is 0. The van der Waals surface area contributed by atoms with Gasteiger partial charge in [-0.25, -0.2) is 4.79 Å². The summed E-state index contributed by atoms with van der Waals surface area (Å²) in [4.78, 5) is 13.5. The van der Waals surface area contributed by atoms with Crippen LogP contribution in [0.4, 0.5) is 16.2 Å². The van der Waals surface area contributed by atoms with Crippen LogP contribution in [-0.2, 0) is 4.74 Å². The van der Waals surface area contributed by atoms with Gasteiger partial charge in [0.25, 0.3) is 0 Å². The second kappa shape index (κ2) is 6.75. The van der Waals surface area contributed by atoms with Gasteiger partial charge in [0.2, 0.25) is 0 Å². The van der Waals surface area contributed by atoms with E-state index < -0.39 is 0 Å². The van der Waals surface area contributed by atoms with Gasteiger partial charge >= 0.3 is 6.03 Å². The number of rotatable bonds is 5. The fourth-order valence-corrected chi connectivity index (χ4v) is 1.30. The lowest BCUT2D eigenvalue weighted by Gasteiger charge is -2.14. The Morgan fingerprint density at radius 3 is 2.82 bits per heavy atom. The first-order valence-corrected chi connectivity index (χ1v) is 5.44. The third kappa shape index (κ3) is 4.74. The Bertz CT molecular complexity index is 367. The number of anilines is 2. The van der Waals surface area contributed by atoms with Crippen LogP contribution >= 0.6 is 0 Å². The number of carbonyl (C=O) groups excluding carboxylic acids is 1. The lowest BCUT2D eigenvalue weighted by molar-refractivity contribution is 0.198. The molecular formula is C12H19N3O2. The molecule has 1 rings (SSSR count). The van der Waals surface area contributed by atoms with Crippen LogP contribution in [-0.4, -0.2) is 40.4 Å². The summed E-state index contributed by atoms with van der Waals surface area (Å²) >= 11 is 0. The number of hydrogen-bond donors (Lipinski definition) is 2. The van der Waals surface area contributed by atoms with E-state index >= 15 is 0 Å². The maximum atomic E-state index is 11.5. The molecule has 0 fully saturated rings. The van der Waals surface area contributed by atoms with Crippen molar-refractivity contribution in [3.63, 3.8) is 0 Å². The molecule has 0 heterocycles. The van der Waals surface area contributed by atoms with Crippen LogP contribution < -0.4 is 15.5 Å². The van der Waals surface area contributed by atoms with Crippen molar-refractivity contribution in [2.45, 2.75) is 0 Å². The van der Waals surface area contributed by atoms with E-state index in [-0.39, 0.29) is 6.03 Å². The quantitative estimate of drug-likeness (QED) is 0.763. The first-order chi connectivity index (χ1) is 8.13. The fraction of sp³-hybridized carbons (Fsp3) is 0.417. The van der Waals surface area contributed by atoms with Crippen LogP contribution in [0.2, 0.25) is 0 Å². The van der Waals surface area contributed by atoms with E-state index in [0.717, 1.165) is 11.4 Å². The molecule has 0 aliphatic rings. The summed E-state index contributed by atoms with van der Waals surface area (Å²) in [5, 5.41) is 5.46. The molecule has 0 spiro atoms. The smallest absolute Gasteiger partial charge is 0.319 e. The zero-order valence-electron chi connectivity index (χ0n) is 10.5. The Morgan fingerprint density at radius 1 is 1.41 bits per heavy atom. The largest absolute Gasteiger partial charge is 0.383 e. The number of benzene rings is 1. The van der Waals surface area contributed by atoms with Crippen molar-refractivity contribution in [1.82, 2.24) is 5.32 Å². The predicted octanol–water partition coefficient (Wildman–Crippen LogP) is 1.52. The molecular weight excluding hydrogens is 218 g/mol. The van der Waals surface area contributed by atoms with E-state index in [9.17, 15) is 4.79 Å². The van der Waals surface area contributed by atoms with Gasteiger partial charge in [-0.05, 0) is 18.2 Å². The van der Waals surface area contributed by atoms with Gasteiger partial charge in [-0.15, -0.1) is 0 Å². The van der Waals surface area contributed by atoms with Crippen molar-refractivity contribution < 1.29 is 9.53 Å². The van der Waals surface area contributed by atoms with Crippen molar-refractivity contribution >= 4 is 17.4 Å². The van der Waals surface area contributed by atoms with Crippen molar-refractivity contribution in [2.24, 2.45) is 0 Å². The van der Waals surface area contributed by atoms with Gasteiger partial charge in [0.1, 0.15) is 0 Å². The predicted molar refractivity (Wildman–Crippen MR) is 69.7 cm³/mol. The van der Waals surface area contributed by atoms with Crippen molar-refractivity contribution in [2.75, 3.05) is 44.6 Å². The van der Waals surface area contributed by atoms with Crippen LogP contribution in [0, 0.1) is 0 Å². The van der Waals surface area contributed by atoms with Gasteiger partial charge in [-0.1, -0.05) is 6.07 Å². The molecule has 2 amide bonds. The summed E-state index contributed by atoms with van der Waals surface area (Å²) < 4.78 is 4.84. The van der Waals surface area contributed by atoms with Crippen LogP contribution in [0.3, 0.4) is 0 Å². The minimum atomic E-state index is -0.224. The van der Waals surface area contributed by atoms with Crippen LogP contribution in [0.1, 0.15) is 0 Å². The Labute approximate surface area is 102 Å². The highest BCUT2D eigenvalue weighted by Crippen LogP contribution is 2.16. The summed E-state index contributed by atoms with van der Waals surface area (Å²) in [5.74, 6) is 0. The van der Waals surface area contributed by atoms with E-state index in [0.29, 0.717) is 13.2 Å². The summed E-state index contributed by atoms with van der Waals surface area (Å²) in [5.41, 5.74) is 1.81. The van der Waals surface area contributed by atoms with Gasteiger partial charge in [-0.2, -0.15) is 0 Å². The standard InChI is InChI=1S/C12H19N3O2/c1-15(2)11-6-4-5-10(9-11)14-12(16)13-7-8-17-3/h4-6,9H,7-8H2,1-3H3,(H2,13,14,16). The fourth-order valence-electron chi connectivity index (χ4n) is 1.30. The zero-order valence-corrected chi connectivity index (χ0v) is 10.5. The topological polar surface area (TPSA) is 53.6 Å².